The molecule has 1 amide bonds. The summed E-state index contributed by atoms with van der Waals surface area (Å²) in [7, 11) is -7.90. The predicted molar refractivity (Wildman–Crippen MR) is 125 cm³/mol. The first-order valence-electron chi connectivity index (χ1n) is 10.8. The van der Waals surface area contributed by atoms with Crippen LogP contribution in [-0.2, 0) is 24.5 Å². The second-order valence-electron chi connectivity index (χ2n) is 8.76. The highest BCUT2D eigenvalue weighted by molar-refractivity contribution is 8.08. The molecule has 2 N–H and O–H groups in total. The molecule has 0 unspecified atom stereocenters. The molecule has 1 aromatic carbocycles. The first-order chi connectivity index (χ1) is 15.5. The summed E-state index contributed by atoms with van der Waals surface area (Å²) < 4.78 is 50.9. The molecule has 1 aliphatic carbocycles. The van der Waals surface area contributed by atoms with Crippen molar-refractivity contribution in [2.24, 2.45) is 5.10 Å². The van der Waals surface area contributed by atoms with Crippen molar-refractivity contribution in [3.63, 3.8) is 0 Å². The average Bonchev–Trinajstić information content (AvgIpc) is 3.23. The van der Waals surface area contributed by atoms with E-state index in [1.54, 1.807) is 17.0 Å². The highest BCUT2D eigenvalue weighted by atomic mass is 32.2. The summed E-state index contributed by atoms with van der Waals surface area (Å²) in [6, 6.07) is 5.03. The maximum absolute atomic E-state index is 13.5. The van der Waals surface area contributed by atoms with Crippen LogP contribution in [0, 0.1) is 0 Å². The van der Waals surface area contributed by atoms with Crippen molar-refractivity contribution in [2.75, 3.05) is 16.6 Å². The number of hydrogen-bond donors (Lipinski definition) is 2. The molecule has 2 heterocycles. The molecule has 0 atom stereocenters. The predicted octanol–water partition coefficient (Wildman–Crippen LogP) is 2.82. The molecule has 178 valence electrons. The number of rotatable bonds is 5. The molecule has 2 aromatic rings. The summed E-state index contributed by atoms with van der Waals surface area (Å²) in [5, 5.41) is 9.36. The van der Waals surface area contributed by atoms with Gasteiger partial charge in [0.15, 0.2) is 15.7 Å². The normalized spacial score (nSPS) is 20.3. The molecule has 2 aliphatic rings. The van der Waals surface area contributed by atoms with Gasteiger partial charge in [0.2, 0.25) is 14.9 Å². The highest BCUT2D eigenvalue weighted by Gasteiger charge is 2.44. The molecular weight excluding hydrogens is 466 g/mol. The van der Waals surface area contributed by atoms with E-state index in [0.717, 1.165) is 50.1 Å². The van der Waals surface area contributed by atoms with Crippen LogP contribution in [-0.4, -0.2) is 50.3 Å². The van der Waals surface area contributed by atoms with Crippen molar-refractivity contribution in [3.8, 4) is 0 Å². The van der Waals surface area contributed by atoms with Crippen LogP contribution >= 0.6 is 0 Å². The Morgan fingerprint density at radius 3 is 2.55 bits per heavy atom. The van der Waals surface area contributed by atoms with Gasteiger partial charge in [-0.2, -0.15) is 10.2 Å². The molecule has 0 spiro atoms. The monoisotopic (exact) mass is 493 g/mol. The maximum Gasteiger partial charge on any atom is 0.291 e. The number of carbonyl (C=O) groups is 1. The van der Waals surface area contributed by atoms with Crippen molar-refractivity contribution in [3.05, 3.63) is 30.0 Å². The van der Waals surface area contributed by atoms with Gasteiger partial charge in [0.1, 0.15) is 4.90 Å². The average molecular weight is 494 g/mol. The third-order valence-corrected chi connectivity index (χ3v) is 8.86. The SMILES string of the molecule is CC(C)c1ccc2c(c1)S(=O)(=O)C(=NNc1[nH]ncc1S(C)(=O)=O)C(=O)N2C1CCCCC1. The van der Waals surface area contributed by atoms with Gasteiger partial charge in [-0.05, 0) is 36.5 Å². The van der Waals surface area contributed by atoms with E-state index < -0.39 is 30.6 Å². The Bertz CT molecular complexity index is 1320. The minimum atomic E-state index is -4.25. The Morgan fingerprint density at radius 2 is 1.91 bits per heavy atom. The Labute approximate surface area is 193 Å². The molecular formula is C21H27N5O5S2. The summed E-state index contributed by atoms with van der Waals surface area (Å²) in [5.74, 6) is -0.745. The number of H-pyrrole nitrogens is 1. The molecule has 1 aromatic heterocycles. The van der Waals surface area contributed by atoms with Gasteiger partial charge in [0.05, 0.1) is 16.8 Å². The Balaban J connectivity index is 1.84. The lowest BCUT2D eigenvalue weighted by Gasteiger charge is -2.38. The van der Waals surface area contributed by atoms with Crippen LogP contribution in [0.25, 0.3) is 0 Å². The smallest absolute Gasteiger partial charge is 0.291 e. The number of carbonyl (C=O) groups excluding carboxylic acids is 1. The summed E-state index contributed by atoms with van der Waals surface area (Å²) in [5.41, 5.74) is 3.61. The van der Waals surface area contributed by atoms with Crippen LogP contribution in [0.4, 0.5) is 11.5 Å². The summed E-state index contributed by atoms with van der Waals surface area (Å²) >= 11 is 0. The van der Waals surface area contributed by atoms with E-state index in [0.29, 0.717) is 5.69 Å². The van der Waals surface area contributed by atoms with Gasteiger partial charge in [0.25, 0.3) is 5.91 Å². The fourth-order valence-corrected chi connectivity index (χ4v) is 6.43. The van der Waals surface area contributed by atoms with Gasteiger partial charge in [0, 0.05) is 12.3 Å². The first-order valence-corrected chi connectivity index (χ1v) is 14.2. The lowest BCUT2D eigenvalue weighted by Crippen LogP contribution is -2.51. The number of anilines is 2. The number of aromatic amines is 1. The zero-order chi connectivity index (χ0) is 24.0. The summed E-state index contributed by atoms with van der Waals surface area (Å²) in [4.78, 5) is 14.9. The fraction of sp³-hybridized carbons (Fsp3) is 0.476. The van der Waals surface area contributed by atoms with Gasteiger partial charge in [-0.25, -0.2) is 16.8 Å². The number of nitrogens with zero attached hydrogens (tertiary/aromatic N) is 3. The van der Waals surface area contributed by atoms with Crippen LogP contribution in [0.5, 0.6) is 0 Å². The summed E-state index contributed by atoms with van der Waals surface area (Å²) in [6.45, 7) is 3.92. The topological polar surface area (TPSA) is 142 Å². The van der Waals surface area contributed by atoms with Gasteiger partial charge in [-0.1, -0.05) is 39.2 Å². The van der Waals surface area contributed by atoms with Gasteiger partial charge in [-0.15, -0.1) is 0 Å². The minimum Gasteiger partial charge on any atom is -0.302 e. The van der Waals surface area contributed by atoms with Crippen LogP contribution in [0.2, 0.25) is 0 Å². The minimum absolute atomic E-state index is 0.0346. The molecule has 1 aliphatic heterocycles. The number of hydrogen-bond acceptors (Lipinski definition) is 8. The van der Waals surface area contributed by atoms with Gasteiger partial charge < -0.3 is 4.90 Å². The lowest BCUT2D eigenvalue weighted by molar-refractivity contribution is -0.113. The molecule has 4 rings (SSSR count). The van der Waals surface area contributed by atoms with E-state index in [1.165, 1.54) is 0 Å². The lowest BCUT2D eigenvalue weighted by atomic mass is 9.93. The molecule has 33 heavy (non-hydrogen) atoms. The standard InChI is InChI=1S/C21H27N5O5S2/c1-13(2)14-9-10-16-17(11-14)33(30,31)20(21(27)26(16)15-7-5-4-6-8-15)25-24-19-18(12-22-23-19)32(3,28)29/h9-13,15H,4-8H2,1-3H3,(H2,22,23,24). The molecule has 12 heteroatoms. The molecule has 0 saturated heterocycles. The zero-order valence-electron chi connectivity index (χ0n) is 18.7. The molecule has 1 fully saturated rings. The van der Waals surface area contributed by atoms with Crippen LogP contribution in [0.3, 0.4) is 0 Å². The van der Waals surface area contributed by atoms with Crippen LogP contribution in [0.15, 0.2) is 39.3 Å². The van der Waals surface area contributed by atoms with Gasteiger partial charge >= 0.3 is 0 Å². The number of aromatic nitrogens is 2. The third-order valence-electron chi connectivity index (χ3n) is 6.07. The van der Waals surface area contributed by atoms with E-state index in [4.69, 9.17) is 0 Å². The fourth-order valence-electron chi connectivity index (χ4n) is 4.29. The molecule has 1 saturated carbocycles. The maximum atomic E-state index is 13.5. The Kier molecular flexibility index (Phi) is 6.08. The first kappa shape index (κ1) is 23.4. The second kappa shape index (κ2) is 8.56. The molecule has 0 bridgehead atoms. The van der Waals surface area contributed by atoms with Crippen molar-refractivity contribution in [2.45, 2.75) is 67.7 Å². The molecule has 0 radical (unpaired) electrons. The largest absolute Gasteiger partial charge is 0.302 e. The van der Waals surface area contributed by atoms with E-state index >= 15 is 0 Å². The Morgan fingerprint density at radius 1 is 1.21 bits per heavy atom. The van der Waals surface area contributed by atoms with Gasteiger partial charge in [-0.3, -0.25) is 15.3 Å². The van der Waals surface area contributed by atoms with E-state index in [2.05, 4.69) is 20.7 Å². The van der Waals surface area contributed by atoms with Crippen LogP contribution < -0.4 is 10.3 Å². The quantitative estimate of drug-likeness (QED) is 0.610. The number of fused-ring (bicyclic) bond motifs is 1. The van der Waals surface area contributed by atoms with Crippen LogP contribution in [0.1, 0.15) is 57.4 Å². The summed E-state index contributed by atoms with van der Waals surface area (Å²) in [6.07, 6.45) is 6.62. The number of nitrogens with one attached hydrogen (secondary N) is 2. The van der Waals surface area contributed by atoms with E-state index in [1.807, 2.05) is 19.9 Å². The third kappa shape index (κ3) is 4.29. The zero-order valence-corrected chi connectivity index (χ0v) is 20.3. The van der Waals surface area contributed by atoms with Crippen molar-refractivity contribution < 1.29 is 21.6 Å². The number of sulfone groups is 2. The second-order valence-corrected chi connectivity index (χ2v) is 12.6. The highest BCUT2D eigenvalue weighted by Crippen LogP contribution is 2.38. The molecule has 10 nitrogen and oxygen atoms in total. The number of amides is 1. The van der Waals surface area contributed by atoms with Crippen molar-refractivity contribution in [1.29, 1.82) is 0 Å². The van der Waals surface area contributed by atoms with Crippen molar-refractivity contribution >= 4 is 42.1 Å². The van der Waals surface area contributed by atoms with E-state index in [-0.39, 0.29) is 27.6 Å². The number of benzene rings is 1. The van der Waals surface area contributed by atoms with Crippen molar-refractivity contribution in [1.82, 2.24) is 10.2 Å². The number of hydrazone groups is 1. The van der Waals surface area contributed by atoms with E-state index in [9.17, 15) is 21.6 Å². The Hall–Kier alpha value is -2.73.